The normalized spacial score (nSPS) is 18.0. The first kappa shape index (κ1) is 23.0. The Kier molecular flexibility index (Phi) is 6.47. The van der Waals surface area contributed by atoms with Crippen molar-refractivity contribution in [3.63, 3.8) is 0 Å². The van der Waals surface area contributed by atoms with Crippen LogP contribution in [0.4, 0.5) is 0 Å². The Labute approximate surface area is 204 Å². The molecule has 7 nitrogen and oxygen atoms in total. The SMILES string of the molecule is CCCc1c(Cc2ccc(-c3ccccc3C#N)cc2)c(=O)n(C2CCC(O)CC2)c2cnnn12. The summed E-state index contributed by atoms with van der Waals surface area (Å²) in [4.78, 5) is 13.9. The summed E-state index contributed by atoms with van der Waals surface area (Å²) >= 11 is 0. The summed E-state index contributed by atoms with van der Waals surface area (Å²) in [5, 5.41) is 27.9. The molecule has 178 valence electrons. The van der Waals surface area contributed by atoms with Crippen LogP contribution in [-0.4, -0.2) is 30.6 Å². The Hall–Kier alpha value is -3.76. The van der Waals surface area contributed by atoms with Crippen LogP contribution >= 0.6 is 0 Å². The van der Waals surface area contributed by atoms with Crippen molar-refractivity contribution in [2.45, 2.75) is 64.0 Å². The first-order valence-electron chi connectivity index (χ1n) is 12.3. The molecule has 1 fully saturated rings. The topological polar surface area (TPSA) is 96.2 Å². The van der Waals surface area contributed by atoms with Crippen LogP contribution in [0.1, 0.15) is 67.5 Å². The molecule has 2 aromatic carbocycles. The lowest BCUT2D eigenvalue weighted by molar-refractivity contribution is 0.110. The van der Waals surface area contributed by atoms with E-state index in [1.54, 1.807) is 6.20 Å². The van der Waals surface area contributed by atoms with E-state index in [0.29, 0.717) is 24.8 Å². The monoisotopic (exact) mass is 467 g/mol. The van der Waals surface area contributed by atoms with Crippen LogP contribution in [0.5, 0.6) is 0 Å². The second-order valence-electron chi connectivity index (χ2n) is 9.35. The number of aryl methyl sites for hydroxylation is 1. The summed E-state index contributed by atoms with van der Waals surface area (Å²) in [6.45, 7) is 2.10. The first-order valence-corrected chi connectivity index (χ1v) is 12.3. The first-order chi connectivity index (χ1) is 17.1. The van der Waals surface area contributed by atoms with Crippen LogP contribution in [0.25, 0.3) is 16.8 Å². The molecule has 0 bridgehead atoms. The van der Waals surface area contributed by atoms with Crippen LogP contribution in [0, 0.1) is 11.3 Å². The molecule has 0 saturated heterocycles. The number of benzene rings is 2. The van der Waals surface area contributed by atoms with Gasteiger partial charge in [-0.25, -0.2) is 4.52 Å². The van der Waals surface area contributed by atoms with Gasteiger partial charge in [-0.2, -0.15) is 5.26 Å². The van der Waals surface area contributed by atoms with Crippen molar-refractivity contribution >= 4 is 5.65 Å². The second-order valence-corrected chi connectivity index (χ2v) is 9.35. The number of nitriles is 1. The molecule has 1 N–H and O–H groups in total. The number of aliphatic hydroxyl groups is 1. The van der Waals surface area contributed by atoms with Crippen LogP contribution in [-0.2, 0) is 12.8 Å². The maximum Gasteiger partial charge on any atom is 0.257 e. The Morgan fingerprint density at radius 2 is 1.83 bits per heavy atom. The molecule has 0 atom stereocenters. The molecular formula is C28H29N5O2. The fraction of sp³-hybridized carbons (Fsp3) is 0.357. The van der Waals surface area contributed by atoms with Crippen molar-refractivity contribution in [1.29, 1.82) is 5.26 Å². The Morgan fingerprint density at radius 3 is 2.54 bits per heavy atom. The maximum absolute atomic E-state index is 13.9. The van der Waals surface area contributed by atoms with Gasteiger partial charge in [-0.1, -0.05) is 61.0 Å². The molecule has 0 radical (unpaired) electrons. The predicted molar refractivity (Wildman–Crippen MR) is 134 cm³/mol. The van der Waals surface area contributed by atoms with Crippen molar-refractivity contribution < 1.29 is 5.11 Å². The quantitative estimate of drug-likeness (QED) is 0.452. The molecule has 0 aliphatic heterocycles. The van der Waals surface area contributed by atoms with Crippen molar-refractivity contribution in [2.75, 3.05) is 0 Å². The fourth-order valence-electron chi connectivity index (χ4n) is 5.27. The van der Waals surface area contributed by atoms with Crippen molar-refractivity contribution in [2.24, 2.45) is 0 Å². The summed E-state index contributed by atoms with van der Waals surface area (Å²) in [7, 11) is 0. The molecular weight excluding hydrogens is 438 g/mol. The Bertz CT molecular complexity index is 1440. The molecule has 2 heterocycles. The molecule has 1 saturated carbocycles. The van der Waals surface area contributed by atoms with E-state index in [1.807, 2.05) is 57.6 Å². The van der Waals surface area contributed by atoms with Gasteiger partial charge < -0.3 is 5.11 Å². The van der Waals surface area contributed by atoms with Crippen LogP contribution in [0.3, 0.4) is 0 Å². The Morgan fingerprint density at radius 1 is 1.09 bits per heavy atom. The average molecular weight is 468 g/mol. The van der Waals surface area contributed by atoms with E-state index in [9.17, 15) is 15.2 Å². The van der Waals surface area contributed by atoms with E-state index in [1.165, 1.54) is 0 Å². The molecule has 0 spiro atoms. The lowest BCUT2D eigenvalue weighted by Crippen LogP contribution is -2.34. The van der Waals surface area contributed by atoms with E-state index in [2.05, 4.69) is 23.3 Å². The predicted octanol–water partition coefficient (Wildman–Crippen LogP) is 4.45. The van der Waals surface area contributed by atoms with Gasteiger partial charge in [0, 0.05) is 18.0 Å². The zero-order chi connectivity index (χ0) is 24.4. The number of aromatic nitrogens is 4. The number of rotatable bonds is 6. The van der Waals surface area contributed by atoms with Gasteiger partial charge in [0.05, 0.1) is 29.6 Å². The highest BCUT2D eigenvalue weighted by Gasteiger charge is 2.26. The number of aliphatic hydroxyl groups excluding tert-OH is 1. The third-order valence-electron chi connectivity index (χ3n) is 7.07. The van der Waals surface area contributed by atoms with E-state index in [-0.39, 0.29) is 17.7 Å². The summed E-state index contributed by atoms with van der Waals surface area (Å²) in [5.41, 5.74) is 5.96. The summed E-state index contributed by atoms with van der Waals surface area (Å²) < 4.78 is 3.70. The zero-order valence-electron chi connectivity index (χ0n) is 19.9. The van der Waals surface area contributed by atoms with Crippen LogP contribution in [0.2, 0.25) is 0 Å². The van der Waals surface area contributed by atoms with Gasteiger partial charge in [0.2, 0.25) is 0 Å². The van der Waals surface area contributed by atoms with E-state index < -0.39 is 0 Å². The number of nitrogens with zero attached hydrogens (tertiary/aromatic N) is 5. The molecule has 35 heavy (non-hydrogen) atoms. The highest BCUT2D eigenvalue weighted by atomic mass is 16.3. The van der Waals surface area contributed by atoms with Gasteiger partial charge in [-0.3, -0.25) is 9.36 Å². The average Bonchev–Trinajstić information content (AvgIpc) is 3.37. The zero-order valence-corrected chi connectivity index (χ0v) is 19.9. The summed E-state index contributed by atoms with van der Waals surface area (Å²) in [5.74, 6) is 0. The van der Waals surface area contributed by atoms with Gasteiger partial charge in [-0.15, -0.1) is 5.10 Å². The van der Waals surface area contributed by atoms with E-state index >= 15 is 0 Å². The minimum absolute atomic E-state index is 0.0172. The minimum Gasteiger partial charge on any atom is -0.393 e. The van der Waals surface area contributed by atoms with E-state index in [0.717, 1.165) is 59.3 Å². The van der Waals surface area contributed by atoms with Crippen LogP contribution in [0.15, 0.2) is 59.5 Å². The van der Waals surface area contributed by atoms with Gasteiger partial charge in [-0.05, 0) is 54.9 Å². The molecule has 2 aromatic heterocycles. The minimum atomic E-state index is -0.287. The van der Waals surface area contributed by atoms with Gasteiger partial charge in [0.1, 0.15) is 0 Å². The lowest BCUT2D eigenvalue weighted by Gasteiger charge is -2.28. The fourth-order valence-corrected chi connectivity index (χ4v) is 5.27. The highest BCUT2D eigenvalue weighted by molar-refractivity contribution is 5.70. The molecule has 1 aliphatic carbocycles. The largest absolute Gasteiger partial charge is 0.393 e. The van der Waals surface area contributed by atoms with Gasteiger partial charge in [0.25, 0.3) is 5.56 Å². The molecule has 1 aliphatic rings. The number of hydrogen-bond acceptors (Lipinski definition) is 5. The summed E-state index contributed by atoms with van der Waals surface area (Å²) in [6, 6.07) is 18.0. The van der Waals surface area contributed by atoms with Crippen molar-refractivity contribution in [3.05, 3.63) is 87.5 Å². The molecule has 0 unspecified atom stereocenters. The van der Waals surface area contributed by atoms with Crippen LogP contribution < -0.4 is 5.56 Å². The van der Waals surface area contributed by atoms with Gasteiger partial charge >= 0.3 is 0 Å². The molecule has 4 aromatic rings. The Balaban J connectivity index is 1.56. The van der Waals surface area contributed by atoms with Crippen molar-refractivity contribution in [3.8, 4) is 17.2 Å². The number of fused-ring (bicyclic) bond motifs is 1. The third kappa shape index (κ3) is 4.38. The molecule has 7 heteroatoms. The lowest BCUT2D eigenvalue weighted by atomic mass is 9.92. The standard InChI is InChI=1S/C28H29N5O2/c1-2-5-26-25(16-19-8-10-20(11-9-19)24-7-4-3-6-21(24)17-29)28(35)32(27-18-30-31-33(26)27)22-12-14-23(34)15-13-22/h3-4,6-11,18,22-23,34H,2,5,12-16H2,1H3. The van der Waals surface area contributed by atoms with E-state index in [4.69, 9.17) is 0 Å². The van der Waals surface area contributed by atoms with Gasteiger partial charge in [0.15, 0.2) is 5.65 Å². The molecule has 5 rings (SSSR count). The number of hydrogen-bond donors (Lipinski definition) is 1. The highest BCUT2D eigenvalue weighted by Crippen LogP contribution is 2.30. The van der Waals surface area contributed by atoms with Crippen molar-refractivity contribution in [1.82, 2.24) is 19.4 Å². The second kappa shape index (κ2) is 9.85. The molecule has 0 amide bonds. The third-order valence-corrected chi connectivity index (χ3v) is 7.07. The summed E-state index contributed by atoms with van der Waals surface area (Å²) in [6.07, 6.45) is 6.45. The maximum atomic E-state index is 13.9. The smallest absolute Gasteiger partial charge is 0.257 e.